The largest absolute Gasteiger partial charge is 0.478 e. The zero-order chi connectivity index (χ0) is 12.7. The number of halogens is 1. The molecule has 2 N–H and O–H groups in total. The highest BCUT2D eigenvalue weighted by Gasteiger charge is 1.97. The summed E-state index contributed by atoms with van der Waals surface area (Å²) in [5, 5.41) is 10.8. The Labute approximate surface area is 97.8 Å². The SMILES string of the molecule is O=C(O)/C=C\C(=O)NCCc1ccc(F)cc1. The van der Waals surface area contributed by atoms with E-state index in [0.29, 0.717) is 13.0 Å². The molecule has 0 aromatic heterocycles. The minimum absolute atomic E-state index is 0.304. The van der Waals surface area contributed by atoms with Crippen LogP contribution in [-0.2, 0) is 16.0 Å². The van der Waals surface area contributed by atoms with Crippen LogP contribution in [0.4, 0.5) is 4.39 Å². The fraction of sp³-hybridized carbons (Fsp3) is 0.167. The molecule has 0 bridgehead atoms. The molecule has 0 fully saturated rings. The lowest BCUT2D eigenvalue weighted by Gasteiger charge is -2.02. The van der Waals surface area contributed by atoms with Crippen molar-refractivity contribution in [2.75, 3.05) is 6.54 Å². The van der Waals surface area contributed by atoms with Gasteiger partial charge in [0.1, 0.15) is 5.82 Å². The Morgan fingerprint density at radius 2 is 1.88 bits per heavy atom. The zero-order valence-electron chi connectivity index (χ0n) is 9.02. The highest BCUT2D eigenvalue weighted by atomic mass is 19.1. The van der Waals surface area contributed by atoms with E-state index in [1.807, 2.05) is 0 Å². The molecule has 17 heavy (non-hydrogen) atoms. The summed E-state index contributed by atoms with van der Waals surface area (Å²) in [7, 11) is 0. The van der Waals surface area contributed by atoms with Gasteiger partial charge in [0.05, 0.1) is 0 Å². The molecule has 0 aliphatic heterocycles. The molecule has 1 aromatic carbocycles. The number of nitrogens with one attached hydrogen (secondary N) is 1. The van der Waals surface area contributed by atoms with Crippen molar-refractivity contribution in [2.24, 2.45) is 0 Å². The summed E-state index contributed by atoms with van der Waals surface area (Å²) < 4.78 is 12.6. The minimum atomic E-state index is -1.17. The first kappa shape index (κ1) is 12.9. The van der Waals surface area contributed by atoms with Crippen LogP contribution in [0.15, 0.2) is 36.4 Å². The first-order valence-corrected chi connectivity index (χ1v) is 5.01. The second-order valence-corrected chi connectivity index (χ2v) is 3.34. The molecular weight excluding hydrogens is 225 g/mol. The molecule has 0 aliphatic rings. The number of amides is 1. The first-order valence-electron chi connectivity index (χ1n) is 5.01. The molecule has 0 atom stereocenters. The van der Waals surface area contributed by atoms with Gasteiger partial charge in [0, 0.05) is 18.7 Å². The van der Waals surface area contributed by atoms with Gasteiger partial charge in [0.25, 0.3) is 0 Å². The van der Waals surface area contributed by atoms with Gasteiger partial charge in [-0.1, -0.05) is 12.1 Å². The molecule has 4 nitrogen and oxygen atoms in total. The van der Waals surface area contributed by atoms with E-state index in [0.717, 1.165) is 17.7 Å². The van der Waals surface area contributed by atoms with Gasteiger partial charge < -0.3 is 10.4 Å². The summed E-state index contributed by atoms with van der Waals surface area (Å²) in [5.41, 5.74) is 0.897. The standard InChI is InChI=1S/C12H12FNO3/c13-10-3-1-9(2-4-10)7-8-14-11(15)5-6-12(16)17/h1-6H,7-8H2,(H,14,15)(H,16,17)/b6-5-. The third-order valence-electron chi connectivity index (χ3n) is 2.00. The predicted molar refractivity (Wildman–Crippen MR) is 59.9 cm³/mol. The van der Waals surface area contributed by atoms with E-state index in [2.05, 4.69) is 5.32 Å². The van der Waals surface area contributed by atoms with Gasteiger partial charge in [-0.05, 0) is 24.1 Å². The van der Waals surface area contributed by atoms with Crippen LogP contribution < -0.4 is 5.32 Å². The summed E-state index contributed by atoms with van der Waals surface area (Å²) in [4.78, 5) is 21.2. The van der Waals surface area contributed by atoms with E-state index in [1.165, 1.54) is 12.1 Å². The fourth-order valence-corrected chi connectivity index (χ4v) is 1.19. The van der Waals surface area contributed by atoms with Gasteiger partial charge in [-0.2, -0.15) is 0 Å². The molecule has 1 amide bonds. The second kappa shape index (κ2) is 6.42. The quantitative estimate of drug-likeness (QED) is 0.754. The Balaban J connectivity index is 2.30. The van der Waals surface area contributed by atoms with Crippen LogP contribution in [0.2, 0.25) is 0 Å². The van der Waals surface area contributed by atoms with Crippen molar-refractivity contribution >= 4 is 11.9 Å². The van der Waals surface area contributed by atoms with Crippen LogP contribution in [0.25, 0.3) is 0 Å². The van der Waals surface area contributed by atoms with E-state index < -0.39 is 11.9 Å². The van der Waals surface area contributed by atoms with Crippen molar-refractivity contribution in [3.8, 4) is 0 Å². The number of rotatable bonds is 5. The topological polar surface area (TPSA) is 66.4 Å². The van der Waals surface area contributed by atoms with E-state index in [1.54, 1.807) is 12.1 Å². The van der Waals surface area contributed by atoms with Crippen LogP contribution in [0.1, 0.15) is 5.56 Å². The van der Waals surface area contributed by atoms with Crippen LogP contribution in [0.5, 0.6) is 0 Å². The van der Waals surface area contributed by atoms with Crippen molar-refractivity contribution in [3.05, 3.63) is 47.8 Å². The van der Waals surface area contributed by atoms with E-state index in [-0.39, 0.29) is 5.82 Å². The van der Waals surface area contributed by atoms with Crippen molar-refractivity contribution < 1.29 is 19.1 Å². The number of carbonyl (C=O) groups is 2. The maximum Gasteiger partial charge on any atom is 0.328 e. The summed E-state index contributed by atoms with van der Waals surface area (Å²) in [6, 6.07) is 5.96. The molecule has 1 aromatic rings. The van der Waals surface area contributed by atoms with Gasteiger partial charge in [0.2, 0.25) is 5.91 Å². The minimum Gasteiger partial charge on any atom is -0.478 e. The third-order valence-corrected chi connectivity index (χ3v) is 2.00. The van der Waals surface area contributed by atoms with Gasteiger partial charge in [-0.25, -0.2) is 9.18 Å². The lowest BCUT2D eigenvalue weighted by atomic mass is 10.1. The second-order valence-electron chi connectivity index (χ2n) is 3.34. The fourth-order valence-electron chi connectivity index (χ4n) is 1.19. The monoisotopic (exact) mass is 237 g/mol. The summed E-state index contributed by atoms with van der Waals surface area (Å²) in [5.74, 6) is -1.93. The number of carboxylic acids is 1. The molecule has 90 valence electrons. The number of benzene rings is 1. The zero-order valence-corrected chi connectivity index (χ0v) is 9.02. The van der Waals surface area contributed by atoms with Gasteiger partial charge in [0.15, 0.2) is 0 Å². The highest BCUT2D eigenvalue weighted by molar-refractivity contribution is 5.93. The number of hydrogen-bond acceptors (Lipinski definition) is 2. The Hall–Kier alpha value is -2.17. The highest BCUT2D eigenvalue weighted by Crippen LogP contribution is 2.02. The molecular formula is C12H12FNO3. The Morgan fingerprint density at radius 1 is 1.24 bits per heavy atom. The van der Waals surface area contributed by atoms with Crippen LogP contribution in [0.3, 0.4) is 0 Å². The van der Waals surface area contributed by atoms with E-state index >= 15 is 0 Å². The molecule has 1 rings (SSSR count). The van der Waals surface area contributed by atoms with Crippen molar-refractivity contribution in [1.29, 1.82) is 0 Å². The molecule has 0 unspecified atom stereocenters. The van der Waals surface area contributed by atoms with Crippen LogP contribution >= 0.6 is 0 Å². The maximum atomic E-state index is 12.6. The van der Waals surface area contributed by atoms with Crippen molar-refractivity contribution in [3.63, 3.8) is 0 Å². The number of carbonyl (C=O) groups excluding carboxylic acids is 1. The Morgan fingerprint density at radius 3 is 2.47 bits per heavy atom. The maximum absolute atomic E-state index is 12.6. The van der Waals surface area contributed by atoms with Crippen LogP contribution in [0, 0.1) is 5.82 Å². The van der Waals surface area contributed by atoms with Gasteiger partial charge in [-0.3, -0.25) is 4.79 Å². The Kier molecular flexibility index (Phi) is 4.87. The molecule has 0 saturated heterocycles. The lowest BCUT2D eigenvalue weighted by molar-refractivity contribution is -0.131. The number of carboxylic acid groups (broad SMARTS) is 1. The Bertz CT molecular complexity index is 426. The molecule has 0 radical (unpaired) electrons. The van der Waals surface area contributed by atoms with Gasteiger partial charge in [-0.15, -0.1) is 0 Å². The van der Waals surface area contributed by atoms with Crippen molar-refractivity contribution in [2.45, 2.75) is 6.42 Å². The number of aliphatic carboxylic acids is 1. The number of hydrogen-bond donors (Lipinski definition) is 2. The molecule has 5 heteroatoms. The first-order chi connectivity index (χ1) is 8.08. The molecule has 0 saturated carbocycles. The van der Waals surface area contributed by atoms with Crippen LogP contribution in [-0.4, -0.2) is 23.5 Å². The average Bonchev–Trinajstić information content (AvgIpc) is 2.29. The lowest BCUT2D eigenvalue weighted by Crippen LogP contribution is -2.23. The van der Waals surface area contributed by atoms with Gasteiger partial charge >= 0.3 is 5.97 Å². The van der Waals surface area contributed by atoms with E-state index in [9.17, 15) is 14.0 Å². The molecule has 0 spiro atoms. The molecule has 0 aliphatic carbocycles. The normalized spacial score (nSPS) is 10.4. The molecule has 0 heterocycles. The summed E-state index contributed by atoms with van der Waals surface area (Å²) in [6.07, 6.45) is 2.28. The smallest absolute Gasteiger partial charge is 0.328 e. The third kappa shape index (κ3) is 5.46. The average molecular weight is 237 g/mol. The summed E-state index contributed by atoms with van der Waals surface area (Å²) >= 11 is 0. The predicted octanol–water partition coefficient (Wildman–Crippen LogP) is 1.13. The van der Waals surface area contributed by atoms with E-state index in [4.69, 9.17) is 5.11 Å². The van der Waals surface area contributed by atoms with Crippen molar-refractivity contribution in [1.82, 2.24) is 5.32 Å². The summed E-state index contributed by atoms with van der Waals surface area (Å²) in [6.45, 7) is 0.369.